The summed E-state index contributed by atoms with van der Waals surface area (Å²) in [6.07, 6.45) is 0. The first-order valence-corrected chi connectivity index (χ1v) is 8.26. The van der Waals surface area contributed by atoms with Gasteiger partial charge in [0.2, 0.25) is 0 Å². The van der Waals surface area contributed by atoms with Gasteiger partial charge in [0.1, 0.15) is 0 Å². The van der Waals surface area contributed by atoms with Crippen LogP contribution < -0.4 is 0 Å². The minimum Gasteiger partial charge on any atom is -0.386 e. The van der Waals surface area contributed by atoms with E-state index < -0.39 is 11.2 Å². The Kier molecular flexibility index (Phi) is 3.98. The Bertz CT molecular complexity index is 843. The van der Waals surface area contributed by atoms with Gasteiger partial charge in [-0.15, -0.1) is 0 Å². The Hall–Kier alpha value is -2.16. The highest BCUT2D eigenvalue weighted by Gasteiger charge is 2.28. The Morgan fingerprint density at radius 3 is 1.71 bits per heavy atom. The predicted octanol–water partition coefficient (Wildman–Crippen LogP) is 4.96. The van der Waals surface area contributed by atoms with Gasteiger partial charge in [-0.05, 0) is 60.7 Å². The maximum Gasteiger partial charge on any atom is 0.0846 e. The highest BCUT2D eigenvalue weighted by atomic mass is 16.3. The lowest BCUT2D eigenvalue weighted by Gasteiger charge is -2.29. The topological polar surface area (TPSA) is 40.5 Å². The molecule has 2 heteroatoms. The van der Waals surface area contributed by atoms with E-state index in [-0.39, 0.29) is 0 Å². The van der Waals surface area contributed by atoms with Crippen molar-refractivity contribution in [2.45, 2.75) is 38.9 Å². The Balaban J connectivity index is 2.45. The van der Waals surface area contributed by atoms with Gasteiger partial charge in [0, 0.05) is 0 Å². The molecule has 3 aromatic carbocycles. The average molecular weight is 320 g/mol. The third kappa shape index (κ3) is 2.95. The fourth-order valence-corrected chi connectivity index (χ4v) is 3.31. The van der Waals surface area contributed by atoms with Crippen LogP contribution in [0.3, 0.4) is 0 Å². The summed E-state index contributed by atoms with van der Waals surface area (Å²) < 4.78 is 0. The number of fused-ring (bicyclic) bond motifs is 1. The summed E-state index contributed by atoms with van der Waals surface area (Å²) in [6.45, 7) is 7.13. The van der Waals surface area contributed by atoms with Crippen molar-refractivity contribution >= 4 is 10.8 Å². The van der Waals surface area contributed by atoms with Crippen LogP contribution in [0.15, 0.2) is 60.7 Å². The fraction of sp³-hybridized carbons (Fsp3) is 0.273. The zero-order chi connectivity index (χ0) is 17.5. The van der Waals surface area contributed by atoms with Crippen LogP contribution in [0.2, 0.25) is 0 Å². The second kappa shape index (κ2) is 5.73. The van der Waals surface area contributed by atoms with Gasteiger partial charge in [-0.2, -0.15) is 0 Å². The molecular formula is C22H24O2. The van der Waals surface area contributed by atoms with Crippen LogP contribution in [0, 0.1) is 0 Å². The lowest BCUT2D eigenvalue weighted by molar-refractivity contribution is 0.0730. The Morgan fingerprint density at radius 2 is 1.12 bits per heavy atom. The predicted molar refractivity (Wildman–Crippen MR) is 99.9 cm³/mol. The smallest absolute Gasteiger partial charge is 0.0846 e. The van der Waals surface area contributed by atoms with Gasteiger partial charge in [-0.25, -0.2) is 0 Å². The molecule has 124 valence electrons. The first kappa shape index (κ1) is 16.7. The highest BCUT2D eigenvalue weighted by Crippen LogP contribution is 2.41. The molecule has 3 rings (SSSR count). The van der Waals surface area contributed by atoms with E-state index in [0.29, 0.717) is 0 Å². The number of hydrogen-bond donors (Lipinski definition) is 2. The van der Waals surface area contributed by atoms with Gasteiger partial charge in [0.05, 0.1) is 11.2 Å². The molecule has 0 aliphatic heterocycles. The van der Waals surface area contributed by atoms with Crippen LogP contribution in [-0.2, 0) is 11.2 Å². The highest BCUT2D eigenvalue weighted by molar-refractivity contribution is 5.98. The number of hydrogen-bond acceptors (Lipinski definition) is 2. The van der Waals surface area contributed by atoms with Crippen LogP contribution >= 0.6 is 0 Å². The monoisotopic (exact) mass is 320 g/mol. The SMILES string of the molecule is CC(C)(O)c1cccc(C(C)(C)O)c1-c1cccc2ccccc12. The maximum absolute atomic E-state index is 10.7. The third-order valence-electron chi connectivity index (χ3n) is 4.44. The molecule has 24 heavy (non-hydrogen) atoms. The van der Waals surface area contributed by atoms with Crippen molar-refractivity contribution in [3.8, 4) is 11.1 Å². The third-order valence-corrected chi connectivity index (χ3v) is 4.44. The molecule has 2 nitrogen and oxygen atoms in total. The zero-order valence-corrected chi connectivity index (χ0v) is 14.7. The van der Waals surface area contributed by atoms with Crippen LogP contribution in [0.1, 0.15) is 38.8 Å². The molecule has 0 spiro atoms. The summed E-state index contributed by atoms with van der Waals surface area (Å²) in [5.74, 6) is 0. The molecule has 0 fully saturated rings. The molecule has 2 N–H and O–H groups in total. The first-order valence-electron chi connectivity index (χ1n) is 8.26. The van der Waals surface area contributed by atoms with E-state index in [1.165, 1.54) is 0 Å². The van der Waals surface area contributed by atoms with E-state index in [1.54, 1.807) is 27.7 Å². The van der Waals surface area contributed by atoms with Crippen molar-refractivity contribution in [3.05, 3.63) is 71.8 Å². The minimum absolute atomic E-state index is 0.818. The second-order valence-electron chi connectivity index (χ2n) is 7.37. The standard InChI is InChI=1S/C22H24O2/c1-21(2,23)18-13-8-14-19(22(3,4)24)20(18)17-12-7-10-15-9-5-6-11-16(15)17/h5-14,23-24H,1-4H3. The van der Waals surface area contributed by atoms with Crippen LogP contribution in [0.4, 0.5) is 0 Å². The molecule has 0 amide bonds. The Morgan fingerprint density at radius 1 is 0.625 bits per heavy atom. The van der Waals surface area contributed by atoms with E-state index in [0.717, 1.165) is 33.0 Å². The molecule has 0 bridgehead atoms. The molecule has 0 aliphatic rings. The number of rotatable bonds is 3. The average Bonchev–Trinajstić information content (AvgIpc) is 2.52. The van der Waals surface area contributed by atoms with Crippen LogP contribution in [0.5, 0.6) is 0 Å². The van der Waals surface area contributed by atoms with Crippen molar-refractivity contribution < 1.29 is 10.2 Å². The van der Waals surface area contributed by atoms with Gasteiger partial charge >= 0.3 is 0 Å². The summed E-state index contributed by atoms with van der Waals surface area (Å²) >= 11 is 0. The molecular weight excluding hydrogens is 296 g/mol. The minimum atomic E-state index is -1.01. The van der Waals surface area contributed by atoms with Crippen molar-refractivity contribution in [1.29, 1.82) is 0 Å². The van der Waals surface area contributed by atoms with E-state index in [2.05, 4.69) is 24.3 Å². The molecule has 0 unspecified atom stereocenters. The molecule has 3 aromatic rings. The summed E-state index contributed by atoms with van der Waals surface area (Å²) in [5, 5.41) is 23.7. The van der Waals surface area contributed by atoms with Crippen LogP contribution in [-0.4, -0.2) is 10.2 Å². The lowest BCUT2D eigenvalue weighted by atomic mass is 9.80. The normalized spacial score (nSPS) is 12.6. The molecule has 0 saturated heterocycles. The number of aliphatic hydroxyl groups is 2. The Labute approximate surface area is 143 Å². The van der Waals surface area contributed by atoms with Gasteiger partial charge in [0.15, 0.2) is 0 Å². The second-order valence-corrected chi connectivity index (χ2v) is 7.37. The van der Waals surface area contributed by atoms with Crippen molar-refractivity contribution in [3.63, 3.8) is 0 Å². The van der Waals surface area contributed by atoms with Gasteiger partial charge in [-0.3, -0.25) is 0 Å². The van der Waals surface area contributed by atoms with E-state index in [4.69, 9.17) is 0 Å². The van der Waals surface area contributed by atoms with Gasteiger partial charge in [-0.1, -0.05) is 60.7 Å². The summed E-state index contributed by atoms with van der Waals surface area (Å²) in [4.78, 5) is 0. The van der Waals surface area contributed by atoms with E-state index >= 15 is 0 Å². The fourth-order valence-electron chi connectivity index (χ4n) is 3.31. The van der Waals surface area contributed by atoms with Crippen molar-refractivity contribution in [1.82, 2.24) is 0 Å². The quantitative estimate of drug-likeness (QED) is 0.716. The van der Waals surface area contributed by atoms with Gasteiger partial charge < -0.3 is 10.2 Å². The molecule has 0 radical (unpaired) electrons. The molecule has 0 heterocycles. The van der Waals surface area contributed by atoms with E-state index in [1.807, 2.05) is 36.4 Å². The summed E-state index contributed by atoms with van der Waals surface area (Å²) in [5.41, 5.74) is 1.57. The summed E-state index contributed by atoms with van der Waals surface area (Å²) in [6, 6.07) is 20.1. The van der Waals surface area contributed by atoms with Gasteiger partial charge in [0.25, 0.3) is 0 Å². The van der Waals surface area contributed by atoms with Crippen molar-refractivity contribution in [2.75, 3.05) is 0 Å². The molecule has 0 aromatic heterocycles. The maximum atomic E-state index is 10.7. The molecule has 0 saturated carbocycles. The largest absolute Gasteiger partial charge is 0.386 e. The molecule has 0 aliphatic carbocycles. The first-order chi connectivity index (χ1) is 11.2. The van der Waals surface area contributed by atoms with Crippen molar-refractivity contribution in [2.24, 2.45) is 0 Å². The van der Waals surface area contributed by atoms with E-state index in [9.17, 15) is 10.2 Å². The number of benzene rings is 3. The summed E-state index contributed by atoms with van der Waals surface area (Å²) in [7, 11) is 0. The van der Waals surface area contributed by atoms with Crippen LogP contribution in [0.25, 0.3) is 21.9 Å². The zero-order valence-electron chi connectivity index (χ0n) is 14.7. The molecule has 0 atom stereocenters. The lowest BCUT2D eigenvalue weighted by Crippen LogP contribution is -2.22.